The molecular weight excluding hydrogens is 152 g/mol. The van der Waals surface area contributed by atoms with Crippen LogP contribution in [0.25, 0.3) is 0 Å². The first-order chi connectivity index (χ1) is 5.29. The van der Waals surface area contributed by atoms with Crippen LogP contribution in [0.1, 0.15) is 27.7 Å². The lowest BCUT2D eigenvalue weighted by atomic mass is 10.3. The number of carbonyl (C=O) groups is 2. The van der Waals surface area contributed by atoms with E-state index < -0.39 is 0 Å². The fourth-order valence-electron chi connectivity index (χ4n) is 0. The third kappa shape index (κ3) is 11.6. The van der Waals surface area contributed by atoms with Crippen LogP contribution in [-0.4, -0.2) is 11.6 Å². The van der Waals surface area contributed by atoms with Gasteiger partial charge in [0.05, 0.1) is 0 Å². The van der Waals surface area contributed by atoms with Crippen LogP contribution in [0.3, 0.4) is 0 Å². The topological polar surface area (TPSA) is 34.1 Å². The Bertz CT molecular complexity index is 164. The van der Waals surface area contributed by atoms with Crippen molar-refractivity contribution in [3.63, 3.8) is 0 Å². The van der Waals surface area contributed by atoms with Gasteiger partial charge in [-0.1, -0.05) is 13.2 Å². The number of allylic oxidation sites excluding steroid dienone is 2. The largest absolute Gasteiger partial charge is 0.295 e. The van der Waals surface area contributed by atoms with Crippen molar-refractivity contribution >= 4 is 11.6 Å². The molecule has 0 rings (SSSR count). The van der Waals surface area contributed by atoms with Gasteiger partial charge >= 0.3 is 0 Å². The highest BCUT2D eigenvalue weighted by Crippen LogP contribution is 1.84. The van der Waals surface area contributed by atoms with Crippen LogP contribution in [0, 0.1) is 0 Å². The molecule has 0 N–H and O–H groups in total. The lowest BCUT2D eigenvalue weighted by Gasteiger charge is -1.80. The van der Waals surface area contributed by atoms with Crippen LogP contribution < -0.4 is 0 Å². The molecule has 0 aliphatic heterocycles. The first-order valence-electron chi connectivity index (χ1n) is 3.62. The van der Waals surface area contributed by atoms with E-state index in [0.717, 1.165) is 0 Å². The van der Waals surface area contributed by atoms with Crippen molar-refractivity contribution in [1.82, 2.24) is 0 Å². The number of rotatable bonds is 2. The highest BCUT2D eigenvalue weighted by atomic mass is 16.1. The van der Waals surface area contributed by atoms with E-state index in [0.29, 0.717) is 11.1 Å². The molecule has 2 nitrogen and oxygen atoms in total. The maximum atomic E-state index is 10.0. The third-order valence-electron chi connectivity index (χ3n) is 1.20. The maximum Gasteiger partial charge on any atom is 0.154 e. The van der Waals surface area contributed by atoms with Crippen molar-refractivity contribution in [2.24, 2.45) is 0 Å². The van der Waals surface area contributed by atoms with Crippen LogP contribution in [0.5, 0.6) is 0 Å². The van der Waals surface area contributed by atoms with E-state index in [1.165, 1.54) is 13.8 Å². The normalized spacial score (nSPS) is 7.67. The van der Waals surface area contributed by atoms with Crippen molar-refractivity contribution < 1.29 is 9.59 Å². The first-order valence-corrected chi connectivity index (χ1v) is 3.62. The Balaban J connectivity index is 0. The van der Waals surface area contributed by atoms with Gasteiger partial charge in [-0.15, -0.1) is 0 Å². The van der Waals surface area contributed by atoms with Gasteiger partial charge in [-0.05, 0) is 38.8 Å². The van der Waals surface area contributed by atoms with Gasteiger partial charge in [0.1, 0.15) is 0 Å². The van der Waals surface area contributed by atoms with Gasteiger partial charge in [-0.25, -0.2) is 0 Å². The summed E-state index contributed by atoms with van der Waals surface area (Å²) in [5.41, 5.74) is 1.24. The molecule has 0 heterocycles. The van der Waals surface area contributed by atoms with Gasteiger partial charge in [0.25, 0.3) is 0 Å². The molecule has 0 spiro atoms. The second kappa shape index (κ2) is 6.53. The van der Waals surface area contributed by atoms with Crippen molar-refractivity contribution in [3.05, 3.63) is 24.3 Å². The number of Topliss-reactive ketones (excluding diaryl/α,β-unsaturated/α-hetero) is 2. The Morgan fingerprint density at radius 1 is 0.750 bits per heavy atom. The van der Waals surface area contributed by atoms with Gasteiger partial charge in [-0.3, -0.25) is 9.59 Å². The molecule has 0 fully saturated rings. The number of hydrogen-bond donors (Lipinski definition) is 0. The molecule has 0 amide bonds. The van der Waals surface area contributed by atoms with Crippen LogP contribution in [0.2, 0.25) is 0 Å². The molecule has 0 aromatic carbocycles. The molecule has 0 aliphatic rings. The summed E-state index contributed by atoms with van der Waals surface area (Å²) in [5, 5.41) is 0. The zero-order chi connectivity index (χ0) is 10.3. The van der Waals surface area contributed by atoms with E-state index in [1.54, 1.807) is 13.8 Å². The average Bonchev–Trinajstić information content (AvgIpc) is 1.88. The number of ketones is 2. The average molecular weight is 168 g/mol. The molecule has 0 saturated heterocycles. The van der Waals surface area contributed by atoms with Crippen LogP contribution >= 0.6 is 0 Å². The Labute approximate surface area is 74.0 Å². The number of hydrogen-bond acceptors (Lipinski definition) is 2. The summed E-state index contributed by atoms with van der Waals surface area (Å²) in [6.07, 6.45) is 0. The minimum atomic E-state index is 0.0648. The SMILES string of the molecule is C=C(C)C(C)=O.C=C(C)C(C)=O. The van der Waals surface area contributed by atoms with E-state index in [1.807, 2.05) is 0 Å². The Hall–Kier alpha value is -1.18. The summed E-state index contributed by atoms with van der Waals surface area (Å²) < 4.78 is 0. The van der Waals surface area contributed by atoms with E-state index in [9.17, 15) is 9.59 Å². The maximum absolute atomic E-state index is 10.0. The zero-order valence-corrected chi connectivity index (χ0v) is 8.23. The van der Waals surface area contributed by atoms with E-state index in [-0.39, 0.29) is 11.6 Å². The number of carbonyl (C=O) groups excluding carboxylic acids is 2. The quantitative estimate of drug-likeness (QED) is 0.593. The van der Waals surface area contributed by atoms with Crippen LogP contribution in [0.4, 0.5) is 0 Å². The molecule has 0 atom stereocenters. The Kier molecular flexibility index (Phi) is 7.29. The van der Waals surface area contributed by atoms with Crippen molar-refractivity contribution in [2.45, 2.75) is 27.7 Å². The lowest BCUT2D eigenvalue weighted by Crippen LogP contribution is -1.86. The minimum Gasteiger partial charge on any atom is -0.295 e. The summed E-state index contributed by atoms with van der Waals surface area (Å²) in [6, 6.07) is 0. The molecule has 68 valence electrons. The second-order valence-corrected chi connectivity index (χ2v) is 2.67. The van der Waals surface area contributed by atoms with Crippen LogP contribution in [-0.2, 0) is 9.59 Å². The fraction of sp³-hybridized carbons (Fsp3) is 0.400. The predicted octanol–water partition coefficient (Wildman–Crippen LogP) is 2.30. The van der Waals surface area contributed by atoms with Crippen molar-refractivity contribution in [1.29, 1.82) is 0 Å². The molecular formula is C10H16O2. The molecule has 0 bridgehead atoms. The monoisotopic (exact) mass is 168 g/mol. The molecule has 0 unspecified atom stereocenters. The standard InChI is InChI=1S/2C5H8O/c2*1-4(2)5(3)6/h2*1H2,2-3H3. The first kappa shape index (κ1) is 13.4. The second-order valence-electron chi connectivity index (χ2n) is 2.67. The zero-order valence-electron chi connectivity index (χ0n) is 8.23. The lowest BCUT2D eigenvalue weighted by molar-refractivity contribution is -0.114. The van der Waals surface area contributed by atoms with Gasteiger partial charge in [-0.2, -0.15) is 0 Å². The smallest absolute Gasteiger partial charge is 0.154 e. The molecule has 0 aromatic rings. The van der Waals surface area contributed by atoms with Crippen molar-refractivity contribution in [2.75, 3.05) is 0 Å². The summed E-state index contributed by atoms with van der Waals surface area (Å²) in [4.78, 5) is 20.1. The van der Waals surface area contributed by atoms with E-state index in [4.69, 9.17) is 0 Å². The molecule has 0 saturated carbocycles. The van der Waals surface area contributed by atoms with Gasteiger partial charge in [0.2, 0.25) is 0 Å². The Morgan fingerprint density at radius 3 is 0.833 bits per heavy atom. The van der Waals surface area contributed by atoms with Gasteiger partial charge < -0.3 is 0 Å². The summed E-state index contributed by atoms with van der Waals surface area (Å²) in [7, 11) is 0. The summed E-state index contributed by atoms with van der Waals surface area (Å²) in [5.74, 6) is 0.130. The fourth-order valence-corrected chi connectivity index (χ4v) is 0. The molecule has 0 aromatic heterocycles. The van der Waals surface area contributed by atoms with Crippen LogP contribution in [0.15, 0.2) is 24.3 Å². The highest BCUT2D eigenvalue weighted by molar-refractivity contribution is 5.92. The highest BCUT2D eigenvalue weighted by Gasteiger charge is 1.86. The molecule has 0 radical (unpaired) electrons. The van der Waals surface area contributed by atoms with Gasteiger partial charge in [0, 0.05) is 0 Å². The summed E-state index contributed by atoms with van der Waals surface area (Å²) in [6.45, 7) is 13.2. The third-order valence-corrected chi connectivity index (χ3v) is 1.20. The van der Waals surface area contributed by atoms with E-state index >= 15 is 0 Å². The van der Waals surface area contributed by atoms with Gasteiger partial charge in [0.15, 0.2) is 11.6 Å². The van der Waals surface area contributed by atoms with E-state index in [2.05, 4.69) is 13.2 Å². The molecule has 12 heavy (non-hydrogen) atoms. The Morgan fingerprint density at radius 2 is 0.833 bits per heavy atom. The molecule has 0 aliphatic carbocycles. The predicted molar refractivity (Wildman–Crippen MR) is 51.0 cm³/mol. The minimum absolute atomic E-state index is 0.0648. The molecule has 2 heteroatoms. The van der Waals surface area contributed by atoms with Crippen molar-refractivity contribution in [3.8, 4) is 0 Å². The summed E-state index contributed by atoms with van der Waals surface area (Å²) >= 11 is 0.